The number of nitrogens with zero attached hydrogens (tertiary/aromatic N) is 2. The number of rotatable bonds is 4. The fourth-order valence-corrected chi connectivity index (χ4v) is 4.51. The molecule has 2 aliphatic heterocycles. The molecule has 168 valence electrons. The molecule has 3 heterocycles. The Morgan fingerprint density at radius 2 is 2.06 bits per heavy atom. The van der Waals surface area contributed by atoms with Crippen LogP contribution < -0.4 is 5.32 Å². The molecule has 0 spiro atoms. The second kappa shape index (κ2) is 7.59. The maximum atomic E-state index is 14.2. The van der Waals surface area contributed by atoms with Crippen LogP contribution in [0.1, 0.15) is 49.0 Å². The summed E-state index contributed by atoms with van der Waals surface area (Å²) in [6.45, 7) is 5.68. The van der Waals surface area contributed by atoms with Crippen molar-refractivity contribution in [1.82, 2.24) is 9.78 Å². The maximum Gasteiger partial charge on any atom is 0.416 e. The summed E-state index contributed by atoms with van der Waals surface area (Å²) in [6, 6.07) is 1.94. The van der Waals surface area contributed by atoms with E-state index in [1.165, 1.54) is 0 Å². The van der Waals surface area contributed by atoms with Crippen LogP contribution in [0.2, 0.25) is 0 Å². The van der Waals surface area contributed by atoms with E-state index in [9.17, 15) is 27.5 Å². The molecule has 4 rings (SSSR count). The van der Waals surface area contributed by atoms with Crippen LogP contribution in [-0.4, -0.2) is 39.1 Å². The Hall–Kier alpha value is -2.46. The van der Waals surface area contributed by atoms with Crippen LogP contribution in [0.25, 0.3) is 0 Å². The molecule has 0 aliphatic carbocycles. The average Bonchev–Trinajstić information content (AvgIpc) is 3.34. The van der Waals surface area contributed by atoms with Crippen molar-refractivity contribution in [2.45, 2.75) is 63.6 Å². The number of alkyl halides is 3. The number of halogens is 4. The van der Waals surface area contributed by atoms with Crippen molar-refractivity contribution in [3.05, 3.63) is 47.0 Å². The molecular formula is C21H23F4N3O3. The van der Waals surface area contributed by atoms with Crippen LogP contribution in [0.5, 0.6) is 0 Å². The zero-order valence-electron chi connectivity index (χ0n) is 17.2. The first-order valence-corrected chi connectivity index (χ1v) is 10.0. The summed E-state index contributed by atoms with van der Waals surface area (Å²) in [5, 5.41) is 17.1. The van der Waals surface area contributed by atoms with E-state index in [4.69, 9.17) is 4.74 Å². The van der Waals surface area contributed by atoms with Gasteiger partial charge in [-0.2, -0.15) is 18.3 Å². The molecule has 1 aromatic carbocycles. The number of nitrogens with one attached hydrogen (secondary N) is 1. The summed E-state index contributed by atoms with van der Waals surface area (Å²) < 4.78 is 60.8. The molecule has 1 amide bonds. The SMILES string of the molecule is Cc1nn(C(C)C)cc1[C@H]1[C@H]2O[C@H](C[C@@H]2O)[C@@H]1C(=O)Nc1cc(C(F)(F)F)ccc1F. The number of aliphatic hydroxyl groups is 1. The van der Waals surface area contributed by atoms with Gasteiger partial charge in [-0.05, 0) is 44.5 Å². The van der Waals surface area contributed by atoms with Crippen LogP contribution in [0.3, 0.4) is 0 Å². The Bertz CT molecular complexity index is 1000. The van der Waals surface area contributed by atoms with Gasteiger partial charge in [-0.1, -0.05) is 0 Å². The Morgan fingerprint density at radius 3 is 2.68 bits per heavy atom. The Balaban J connectivity index is 1.66. The van der Waals surface area contributed by atoms with Gasteiger partial charge in [0.05, 0.1) is 41.2 Å². The molecule has 31 heavy (non-hydrogen) atoms. The second-order valence-corrected chi connectivity index (χ2v) is 8.42. The van der Waals surface area contributed by atoms with Crippen LogP contribution in [-0.2, 0) is 15.7 Å². The van der Waals surface area contributed by atoms with Gasteiger partial charge in [0, 0.05) is 24.6 Å². The van der Waals surface area contributed by atoms with Crippen molar-refractivity contribution in [1.29, 1.82) is 0 Å². The number of hydrogen-bond acceptors (Lipinski definition) is 4. The monoisotopic (exact) mass is 441 g/mol. The lowest BCUT2D eigenvalue weighted by atomic mass is 9.74. The van der Waals surface area contributed by atoms with Gasteiger partial charge in [0.2, 0.25) is 5.91 Å². The van der Waals surface area contributed by atoms with E-state index in [2.05, 4.69) is 10.4 Å². The first-order valence-electron chi connectivity index (χ1n) is 10.0. The lowest BCUT2D eigenvalue weighted by Crippen LogP contribution is -2.41. The normalized spacial score (nSPS) is 27.8. The Labute approximate surface area is 176 Å². The molecule has 1 aromatic heterocycles. The van der Waals surface area contributed by atoms with Gasteiger partial charge in [0.1, 0.15) is 5.82 Å². The molecular weight excluding hydrogens is 418 g/mol. The van der Waals surface area contributed by atoms with Crippen molar-refractivity contribution in [2.75, 3.05) is 5.32 Å². The van der Waals surface area contributed by atoms with Crippen molar-refractivity contribution in [3.63, 3.8) is 0 Å². The van der Waals surface area contributed by atoms with Gasteiger partial charge >= 0.3 is 6.18 Å². The van der Waals surface area contributed by atoms with Gasteiger partial charge in [0.25, 0.3) is 0 Å². The number of amides is 1. The van der Waals surface area contributed by atoms with E-state index >= 15 is 0 Å². The fourth-order valence-electron chi connectivity index (χ4n) is 4.51. The predicted molar refractivity (Wildman–Crippen MR) is 103 cm³/mol. The van der Waals surface area contributed by atoms with Crippen molar-refractivity contribution in [2.24, 2.45) is 5.92 Å². The third-order valence-electron chi connectivity index (χ3n) is 6.02. The van der Waals surface area contributed by atoms with Crippen LogP contribution >= 0.6 is 0 Å². The number of carbonyl (C=O) groups excluding carboxylic acids is 1. The van der Waals surface area contributed by atoms with E-state index < -0.39 is 59.3 Å². The number of benzene rings is 1. The minimum Gasteiger partial charge on any atom is -0.390 e. The number of aromatic nitrogens is 2. The standard InChI is InChI=1S/C21H23F4N3O3/c1-9(2)28-8-12(10(3)27-28)17-18(16-7-15(29)19(17)31-16)20(30)26-14-6-11(21(23,24)25)4-5-13(14)22/h4-6,8-9,15-19,29H,7H2,1-3H3,(H,26,30)/t15-,16+,17+,18-,19-/m0/s1. The molecule has 10 heteroatoms. The first kappa shape index (κ1) is 21.8. The highest BCUT2D eigenvalue weighted by molar-refractivity contribution is 5.94. The maximum absolute atomic E-state index is 14.2. The summed E-state index contributed by atoms with van der Waals surface area (Å²) in [7, 11) is 0. The molecule has 2 fully saturated rings. The van der Waals surface area contributed by atoms with E-state index in [1.54, 1.807) is 17.8 Å². The molecule has 6 nitrogen and oxygen atoms in total. The highest BCUT2D eigenvalue weighted by Crippen LogP contribution is 2.50. The molecule has 2 saturated heterocycles. The average molecular weight is 441 g/mol. The van der Waals surface area contributed by atoms with Gasteiger partial charge in [0.15, 0.2) is 0 Å². The molecule has 0 unspecified atom stereocenters. The smallest absolute Gasteiger partial charge is 0.390 e. The topological polar surface area (TPSA) is 76.4 Å². The van der Waals surface area contributed by atoms with Gasteiger partial charge in [-0.15, -0.1) is 0 Å². The van der Waals surface area contributed by atoms with Crippen molar-refractivity contribution < 1.29 is 32.2 Å². The number of hydrogen-bond donors (Lipinski definition) is 2. The molecule has 0 radical (unpaired) electrons. The van der Waals surface area contributed by atoms with E-state index in [0.29, 0.717) is 23.9 Å². The van der Waals surface area contributed by atoms with Gasteiger partial charge < -0.3 is 15.2 Å². The van der Waals surface area contributed by atoms with Gasteiger partial charge in [-0.25, -0.2) is 4.39 Å². The highest BCUT2D eigenvalue weighted by atomic mass is 19.4. The molecule has 2 aromatic rings. The summed E-state index contributed by atoms with van der Waals surface area (Å²) in [6.07, 6.45) is -4.69. The van der Waals surface area contributed by atoms with Crippen LogP contribution in [0, 0.1) is 18.7 Å². The second-order valence-electron chi connectivity index (χ2n) is 8.42. The number of fused-ring (bicyclic) bond motifs is 2. The zero-order chi connectivity index (χ0) is 22.7. The summed E-state index contributed by atoms with van der Waals surface area (Å²) in [5.41, 5.74) is -0.208. The fraction of sp³-hybridized carbons (Fsp3) is 0.524. The molecule has 2 bridgehead atoms. The lowest BCUT2D eigenvalue weighted by Gasteiger charge is -2.29. The van der Waals surface area contributed by atoms with Crippen molar-refractivity contribution >= 4 is 11.6 Å². The quantitative estimate of drug-likeness (QED) is 0.708. The number of aryl methyl sites for hydroxylation is 1. The minimum absolute atomic E-state index is 0.0726. The summed E-state index contributed by atoms with van der Waals surface area (Å²) >= 11 is 0. The van der Waals surface area contributed by atoms with E-state index in [-0.39, 0.29) is 12.5 Å². The van der Waals surface area contributed by atoms with E-state index in [1.807, 2.05) is 13.8 Å². The molecule has 2 N–H and O–H groups in total. The summed E-state index contributed by atoms with van der Waals surface area (Å²) in [4.78, 5) is 13.1. The Morgan fingerprint density at radius 1 is 1.35 bits per heavy atom. The molecule has 2 aliphatic rings. The first-order chi connectivity index (χ1) is 14.5. The molecule has 0 saturated carbocycles. The minimum atomic E-state index is -4.67. The predicted octanol–water partition coefficient (Wildman–Crippen LogP) is 3.80. The van der Waals surface area contributed by atoms with Crippen LogP contribution in [0.15, 0.2) is 24.4 Å². The highest BCUT2D eigenvalue weighted by Gasteiger charge is 2.57. The molecule has 5 atom stereocenters. The number of ether oxygens (including phenoxy) is 1. The van der Waals surface area contributed by atoms with E-state index in [0.717, 1.165) is 5.56 Å². The third-order valence-corrected chi connectivity index (χ3v) is 6.02. The third kappa shape index (κ3) is 3.82. The van der Waals surface area contributed by atoms with Gasteiger partial charge in [-0.3, -0.25) is 9.48 Å². The van der Waals surface area contributed by atoms with Crippen molar-refractivity contribution in [3.8, 4) is 0 Å². The number of aliphatic hydroxyl groups excluding tert-OH is 1. The Kier molecular flexibility index (Phi) is 5.33. The zero-order valence-corrected chi connectivity index (χ0v) is 17.2. The number of carbonyl (C=O) groups is 1. The van der Waals surface area contributed by atoms with Crippen LogP contribution in [0.4, 0.5) is 23.2 Å². The lowest BCUT2D eigenvalue weighted by molar-refractivity contribution is -0.137. The largest absolute Gasteiger partial charge is 0.416 e. The number of anilines is 1. The summed E-state index contributed by atoms with van der Waals surface area (Å²) in [5.74, 6) is -2.97.